The van der Waals surface area contributed by atoms with Crippen LogP contribution < -0.4 is 5.73 Å². The van der Waals surface area contributed by atoms with Crippen LogP contribution in [-0.2, 0) is 16.1 Å². The Morgan fingerprint density at radius 1 is 1.33 bits per heavy atom. The van der Waals surface area contributed by atoms with E-state index < -0.39 is 11.0 Å². The van der Waals surface area contributed by atoms with Crippen molar-refractivity contribution in [3.05, 3.63) is 34.3 Å². The molecule has 1 aromatic rings. The van der Waals surface area contributed by atoms with Crippen LogP contribution >= 0.6 is 15.9 Å². The minimum absolute atomic E-state index is 0.262. The highest BCUT2D eigenvalue weighted by atomic mass is 79.9. The summed E-state index contributed by atoms with van der Waals surface area (Å²) in [5.74, 6) is -0.282. The Bertz CT molecular complexity index is 436. The van der Waals surface area contributed by atoms with Crippen LogP contribution in [0.3, 0.4) is 0 Å². The molecule has 0 heterocycles. The van der Waals surface area contributed by atoms with Gasteiger partial charge in [0.15, 0.2) is 0 Å². The number of hydrogen-bond acceptors (Lipinski definition) is 3. The third kappa shape index (κ3) is 3.56. The number of halogens is 1. The van der Waals surface area contributed by atoms with E-state index in [-0.39, 0.29) is 12.6 Å². The van der Waals surface area contributed by atoms with Gasteiger partial charge < -0.3 is 10.5 Å². The van der Waals surface area contributed by atoms with Gasteiger partial charge in [-0.1, -0.05) is 28.1 Å². The van der Waals surface area contributed by atoms with Gasteiger partial charge in [-0.05, 0) is 45.4 Å². The fourth-order valence-electron chi connectivity index (χ4n) is 1.22. The van der Waals surface area contributed by atoms with Crippen molar-refractivity contribution in [3.63, 3.8) is 0 Å². The summed E-state index contributed by atoms with van der Waals surface area (Å²) in [4.78, 5) is 12.1. The minimum atomic E-state index is -0.723. The Balaban J connectivity index is 2.67. The van der Waals surface area contributed by atoms with Crippen LogP contribution in [0.25, 0.3) is 0 Å². The summed E-state index contributed by atoms with van der Waals surface area (Å²) in [5, 5.41) is 0. The fraction of sp³-hybridized carbons (Fsp3) is 0.500. The molecule has 0 aliphatic carbocycles. The summed E-state index contributed by atoms with van der Waals surface area (Å²) in [7, 11) is 0. The molecule has 0 fully saturated rings. The van der Waals surface area contributed by atoms with Gasteiger partial charge in [0.05, 0.1) is 5.41 Å². The highest BCUT2D eigenvalue weighted by molar-refractivity contribution is 9.10. The maximum atomic E-state index is 12.1. The molecule has 2 N–H and O–H groups in total. The molecule has 1 rings (SSSR count). The smallest absolute Gasteiger partial charge is 0.313 e. The molecular formula is C14H20BrNO2. The lowest BCUT2D eigenvalue weighted by atomic mass is 9.75. The second kappa shape index (κ2) is 5.41. The molecule has 0 amide bonds. The SMILES string of the molecule is CC(C)(N)C(C)(C)C(=O)OCc1cccc(Br)c1. The average molecular weight is 314 g/mol. The van der Waals surface area contributed by atoms with E-state index in [4.69, 9.17) is 10.5 Å². The van der Waals surface area contributed by atoms with Crippen LogP contribution in [0.15, 0.2) is 28.7 Å². The molecule has 1 aromatic carbocycles. The van der Waals surface area contributed by atoms with E-state index in [9.17, 15) is 4.79 Å². The van der Waals surface area contributed by atoms with Crippen LogP contribution in [0.4, 0.5) is 0 Å². The van der Waals surface area contributed by atoms with Gasteiger partial charge in [-0.2, -0.15) is 0 Å². The van der Waals surface area contributed by atoms with E-state index >= 15 is 0 Å². The number of carbonyl (C=O) groups is 1. The zero-order valence-corrected chi connectivity index (χ0v) is 12.9. The average Bonchev–Trinajstić information content (AvgIpc) is 2.24. The van der Waals surface area contributed by atoms with E-state index in [0.29, 0.717) is 0 Å². The molecule has 0 saturated carbocycles. The van der Waals surface area contributed by atoms with Gasteiger partial charge in [0.25, 0.3) is 0 Å². The van der Waals surface area contributed by atoms with Crippen LogP contribution in [0, 0.1) is 5.41 Å². The van der Waals surface area contributed by atoms with Crippen molar-refractivity contribution in [2.24, 2.45) is 11.1 Å². The molecule has 0 spiro atoms. The predicted octanol–water partition coefficient (Wildman–Crippen LogP) is 3.26. The molecule has 0 bridgehead atoms. The van der Waals surface area contributed by atoms with E-state index in [2.05, 4.69) is 15.9 Å². The summed E-state index contributed by atoms with van der Waals surface area (Å²) in [6.45, 7) is 7.52. The Morgan fingerprint density at radius 2 is 1.94 bits per heavy atom. The highest BCUT2D eigenvalue weighted by Crippen LogP contribution is 2.30. The summed E-state index contributed by atoms with van der Waals surface area (Å²) < 4.78 is 6.30. The number of rotatable bonds is 4. The van der Waals surface area contributed by atoms with Crippen LogP contribution in [-0.4, -0.2) is 11.5 Å². The number of nitrogens with two attached hydrogens (primary N) is 1. The van der Waals surface area contributed by atoms with E-state index in [1.165, 1.54) is 0 Å². The first kappa shape index (κ1) is 15.2. The van der Waals surface area contributed by atoms with Crippen molar-refractivity contribution in [2.75, 3.05) is 0 Å². The number of esters is 1. The van der Waals surface area contributed by atoms with Crippen molar-refractivity contribution in [2.45, 2.75) is 39.8 Å². The first-order valence-electron chi connectivity index (χ1n) is 5.85. The molecule has 0 radical (unpaired) electrons. The Hall–Kier alpha value is -0.870. The number of benzene rings is 1. The second-order valence-electron chi connectivity index (χ2n) is 5.55. The summed E-state index contributed by atoms with van der Waals surface area (Å²) in [5.41, 5.74) is 5.60. The largest absolute Gasteiger partial charge is 0.460 e. The van der Waals surface area contributed by atoms with Gasteiger partial charge in [-0.3, -0.25) is 4.79 Å². The summed E-state index contributed by atoms with van der Waals surface area (Å²) >= 11 is 3.38. The molecule has 0 saturated heterocycles. The third-order valence-electron chi connectivity index (χ3n) is 3.38. The van der Waals surface area contributed by atoms with Crippen molar-refractivity contribution >= 4 is 21.9 Å². The molecule has 0 aromatic heterocycles. The van der Waals surface area contributed by atoms with Gasteiger partial charge in [-0.25, -0.2) is 0 Å². The second-order valence-corrected chi connectivity index (χ2v) is 6.47. The normalized spacial score (nSPS) is 12.3. The zero-order valence-electron chi connectivity index (χ0n) is 11.3. The van der Waals surface area contributed by atoms with Gasteiger partial charge in [-0.15, -0.1) is 0 Å². The molecule has 4 heteroatoms. The van der Waals surface area contributed by atoms with Crippen LogP contribution in [0.1, 0.15) is 33.3 Å². The predicted molar refractivity (Wildman–Crippen MR) is 76.0 cm³/mol. The number of hydrogen-bond donors (Lipinski definition) is 1. The lowest BCUT2D eigenvalue weighted by Gasteiger charge is -2.35. The molecule has 100 valence electrons. The molecule has 3 nitrogen and oxygen atoms in total. The first-order valence-corrected chi connectivity index (χ1v) is 6.64. The van der Waals surface area contributed by atoms with Gasteiger partial charge in [0.1, 0.15) is 6.61 Å². The molecule has 0 unspecified atom stereocenters. The van der Waals surface area contributed by atoms with E-state index in [1.54, 1.807) is 13.8 Å². The lowest BCUT2D eigenvalue weighted by molar-refractivity contribution is -0.158. The molecular weight excluding hydrogens is 294 g/mol. The highest BCUT2D eigenvalue weighted by Gasteiger charge is 2.41. The van der Waals surface area contributed by atoms with Crippen LogP contribution in [0.5, 0.6) is 0 Å². The summed E-state index contributed by atoms with van der Waals surface area (Å²) in [6.07, 6.45) is 0. The maximum absolute atomic E-state index is 12.1. The molecule has 18 heavy (non-hydrogen) atoms. The number of carbonyl (C=O) groups excluding carboxylic acids is 1. The third-order valence-corrected chi connectivity index (χ3v) is 3.87. The standard InChI is InChI=1S/C14H20BrNO2/c1-13(2,14(3,4)16)12(17)18-9-10-6-5-7-11(15)8-10/h5-8H,9,16H2,1-4H3. The van der Waals surface area contributed by atoms with Crippen molar-refractivity contribution in [1.82, 2.24) is 0 Å². The van der Waals surface area contributed by atoms with Crippen LogP contribution in [0.2, 0.25) is 0 Å². The summed E-state index contributed by atoms with van der Waals surface area (Å²) in [6, 6.07) is 7.68. The van der Waals surface area contributed by atoms with Crippen molar-refractivity contribution < 1.29 is 9.53 Å². The molecule has 0 aliphatic heterocycles. The zero-order chi connectivity index (χ0) is 14.0. The molecule has 0 aliphatic rings. The first-order chi connectivity index (χ1) is 8.14. The van der Waals surface area contributed by atoms with Gasteiger partial charge in [0.2, 0.25) is 0 Å². The topological polar surface area (TPSA) is 52.3 Å². The Morgan fingerprint density at radius 3 is 2.44 bits per heavy atom. The molecule has 0 atom stereocenters. The van der Waals surface area contributed by atoms with E-state index in [0.717, 1.165) is 10.0 Å². The fourth-order valence-corrected chi connectivity index (χ4v) is 1.67. The van der Waals surface area contributed by atoms with Crippen molar-refractivity contribution in [1.29, 1.82) is 0 Å². The van der Waals surface area contributed by atoms with Gasteiger partial charge in [0, 0.05) is 10.0 Å². The maximum Gasteiger partial charge on any atom is 0.313 e. The lowest BCUT2D eigenvalue weighted by Crippen LogP contribution is -2.52. The van der Waals surface area contributed by atoms with Gasteiger partial charge >= 0.3 is 5.97 Å². The Labute approximate surface area is 117 Å². The minimum Gasteiger partial charge on any atom is -0.460 e. The van der Waals surface area contributed by atoms with Crippen molar-refractivity contribution in [3.8, 4) is 0 Å². The quantitative estimate of drug-likeness (QED) is 0.868. The number of ether oxygens (including phenoxy) is 1. The Kier molecular flexibility index (Phi) is 4.56. The van der Waals surface area contributed by atoms with E-state index in [1.807, 2.05) is 38.1 Å². The monoisotopic (exact) mass is 313 g/mol.